The second-order valence-corrected chi connectivity index (χ2v) is 8.61. The highest BCUT2D eigenvalue weighted by Crippen LogP contribution is 2.24. The normalized spacial score (nSPS) is 13.1. The Labute approximate surface area is 114 Å². The van der Waals surface area contributed by atoms with Crippen LogP contribution in [0.1, 0.15) is 0 Å². The number of halogens is 1. The molecule has 0 fully saturated rings. The zero-order valence-corrected chi connectivity index (χ0v) is 13.5. The number of rotatable bonds is 5. The molecule has 0 radical (unpaired) electrons. The lowest BCUT2D eigenvalue weighted by Gasteiger charge is -2.25. The average molecular weight is 310 g/mol. The van der Waals surface area contributed by atoms with Crippen LogP contribution in [0.2, 0.25) is 0 Å². The molecule has 0 unspecified atom stereocenters. The summed E-state index contributed by atoms with van der Waals surface area (Å²) in [5.74, 6) is 2.34. The first-order valence-corrected chi connectivity index (χ1v) is 8.40. The predicted octanol–water partition coefficient (Wildman–Crippen LogP) is -3.06. The second-order valence-electron chi connectivity index (χ2n) is 5.45. The molecule has 0 spiro atoms. The van der Waals surface area contributed by atoms with Crippen molar-refractivity contribution in [1.29, 1.82) is 0 Å². The lowest BCUT2D eigenvalue weighted by Crippen LogP contribution is -2.68. The monoisotopic (exact) mass is 309 g/mol. The molecule has 0 heterocycles. The van der Waals surface area contributed by atoms with Gasteiger partial charge in [-0.05, 0) is 21.6 Å². The van der Waals surface area contributed by atoms with Crippen LogP contribution in [0.25, 0.3) is 0 Å². The molecule has 0 atom stereocenters. The molecule has 0 aromatic rings. The van der Waals surface area contributed by atoms with Crippen molar-refractivity contribution in [3.63, 3.8) is 0 Å². The second kappa shape index (κ2) is 8.03. The maximum absolute atomic E-state index is 8.49. The van der Waals surface area contributed by atoms with Gasteiger partial charge in [-0.15, -0.1) is 10.2 Å². The highest BCUT2D eigenvalue weighted by atomic mass is 35.7. The van der Waals surface area contributed by atoms with E-state index in [0.717, 1.165) is 8.97 Å². The Hall–Kier alpha value is 0.750. The number of nitrogens with zero attached hydrogens (tertiary/aromatic N) is 2. The van der Waals surface area contributed by atoms with E-state index in [1.54, 1.807) is 0 Å². The molecule has 0 aromatic carbocycles. The highest BCUT2D eigenvalue weighted by molar-refractivity contribution is 8.76. The molecule has 0 amide bonds. The predicted molar refractivity (Wildman–Crippen MR) is 61.0 cm³/mol. The molecule has 0 rings (SSSR count). The molecule has 106 valence electrons. The van der Waals surface area contributed by atoms with E-state index in [-0.39, 0.29) is 0 Å². The molecule has 0 aliphatic rings. The first-order valence-electron chi connectivity index (χ1n) is 4.68. The van der Waals surface area contributed by atoms with E-state index >= 15 is 0 Å². The van der Waals surface area contributed by atoms with Crippen molar-refractivity contribution in [2.24, 2.45) is 0 Å². The fraction of sp³-hybridized carbons (Fsp3) is 1.00. The Bertz CT molecular complexity index is 179. The van der Waals surface area contributed by atoms with Crippen LogP contribution in [0.15, 0.2) is 0 Å². The van der Waals surface area contributed by atoms with Gasteiger partial charge in [-0.25, -0.2) is 18.6 Å². The minimum atomic E-state index is -4.94. The molecule has 0 bridgehead atoms. The van der Waals surface area contributed by atoms with E-state index in [9.17, 15) is 0 Å². The van der Waals surface area contributed by atoms with Crippen LogP contribution < -0.4 is 18.6 Å². The summed E-state index contributed by atoms with van der Waals surface area (Å²) in [6, 6.07) is 0. The molecule has 0 aliphatic carbocycles. The topological polar surface area (TPSA) is 92.2 Å². The van der Waals surface area contributed by atoms with E-state index in [1.165, 1.54) is 11.8 Å². The van der Waals surface area contributed by atoms with E-state index in [1.807, 2.05) is 21.6 Å². The molecule has 9 heteroatoms. The summed E-state index contributed by atoms with van der Waals surface area (Å²) in [6.45, 7) is 0. The van der Waals surface area contributed by atoms with Crippen molar-refractivity contribution >= 4 is 21.6 Å². The number of quaternary nitrogens is 2. The summed E-state index contributed by atoms with van der Waals surface area (Å²) in [4.78, 5) is 0. The van der Waals surface area contributed by atoms with Crippen LogP contribution in [0, 0.1) is 10.2 Å². The Morgan fingerprint density at radius 2 is 0.882 bits per heavy atom. The van der Waals surface area contributed by atoms with Gasteiger partial charge in [0.2, 0.25) is 0 Å². The molecule has 0 saturated heterocycles. The molecule has 17 heavy (non-hydrogen) atoms. The number of hydrogen-bond acceptors (Lipinski definition) is 6. The largest absolute Gasteiger partial charge is 0.322 e. The molecular formula is C8H22ClN2O4S2+. The summed E-state index contributed by atoms with van der Waals surface area (Å²) in [7, 11) is 12.3. The van der Waals surface area contributed by atoms with Crippen LogP contribution in [0.4, 0.5) is 0 Å². The van der Waals surface area contributed by atoms with Crippen molar-refractivity contribution < 1.29 is 37.8 Å². The molecule has 0 N–H and O–H groups in total. The van der Waals surface area contributed by atoms with Crippen molar-refractivity contribution in [1.82, 2.24) is 0 Å². The van der Waals surface area contributed by atoms with Crippen molar-refractivity contribution in [3.05, 3.63) is 0 Å². The van der Waals surface area contributed by atoms with Crippen LogP contribution >= 0.6 is 21.6 Å². The highest BCUT2D eigenvalue weighted by Gasteiger charge is 2.10. The Morgan fingerprint density at radius 1 is 0.706 bits per heavy atom. The molecular weight excluding hydrogens is 288 g/mol. The van der Waals surface area contributed by atoms with Crippen molar-refractivity contribution in [2.75, 3.05) is 54.0 Å². The molecule has 0 aromatic heterocycles. The maximum Gasteiger partial charge on any atom is 0.135 e. The molecule has 0 saturated carbocycles. The summed E-state index contributed by atoms with van der Waals surface area (Å²) < 4.78 is 36.0. The first-order chi connectivity index (χ1) is 7.21. The van der Waals surface area contributed by atoms with Gasteiger partial charge in [0.05, 0.1) is 42.3 Å². The first kappa shape index (κ1) is 20.1. The van der Waals surface area contributed by atoms with Gasteiger partial charge >= 0.3 is 0 Å². The fourth-order valence-electron chi connectivity index (χ4n) is 0.391. The minimum Gasteiger partial charge on any atom is -0.322 e. The van der Waals surface area contributed by atoms with E-state index < -0.39 is 10.2 Å². The lowest BCUT2D eigenvalue weighted by atomic mass is 10.8. The maximum atomic E-state index is 8.49. The summed E-state index contributed by atoms with van der Waals surface area (Å²) in [5.41, 5.74) is 0. The van der Waals surface area contributed by atoms with Gasteiger partial charge in [0, 0.05) is 0 Å². The fourth-order valence-corrected chi connectivity index (χ4v) is 3.52. The van der Waals surface area contributed by atoms with E-state index in [4.69, 9.17) is 18.6 Å². The number of hydrogen-bond donors (Lipinski definition) is 0. The van der Waals surface area contributed by atoms with Gasteiger partial charge < -0.3 is 8.97 Å². The van der Waals surface area contributed by atoms with Crippen LogP contribution in [-0.4, -0.2) is 63.0 Å². The standard InChI is InChI=1S/C8H22N2S2.ClHO4/c1-9(2,3)7-11-12-8-10(4,5)6;2-1(3,4)5/h7-8H2,1-6H3;(H,2,3,4,5)/q+2;/p-1. The lowest BCUT2D eigenvalue weighted by molar-refractivity contribution is -2.00. The van der Waals surface area contributed by atoms with Crippen LogP contribution in [-0.2, 0) is 0 Å². The van der Waals surface area contributed by atoms with Gasteiger partial charge in [0.25, 0.3) is 0 Å². The summed E-state index contributed by atoms with van der Waals surface area (Å²) in [6.07, 6.45) is 0. The zero-order valence-electron chi connectivity index (χ0n) is 11.1. The summed E-state index contributed by atoms with van der Waals surface area (Å²) in [5, 5.41) is 0. The summed E-state index contributed by atoms with van der Waals surface area (Å²) >= 11 is 0. The van der Waals surface area contributed by atoms with E-state index in [2.05, 4.69) is 42.3 Å². The smallest absolute Gasteiger partial charge is 0.135 e. The third kappa shape index (κ3) is 38.3. The van der Waals surface area contributed by atoms with Gasteiger partial charge in [0.15, 0.2) is 0 Å². The van der Waals surface area contributed by atoms with Gasteiger partial charge in [-0.2, -0.15) is 0 Å². The van der Waals surface area contributed by atoms with Crippen LogP contribution in [0.5, 0.6) is 0 Å². The average Bonchev–Trinajstić information content (AvgIpc) is 1.91. The zero-order chi connectivity index (χ0) is 14.3. The van der Waals surface area contributed by atoms with Crippen molar-refractivity contribution in [2.45, 2.75) is 0 Å². The third-order valence-electron chi connectivity index (χ3n) is 0.963. The minimum absolute atomic E-state index is 1.04. The van der Waals surface area contributed by atoms with Crippen LogP contribution in [0.3, 0.4) is 0 Å². The van der Waals surface area contributed by atoms with Gasteiger partial charge in [-0.1, -0.05) is 0 Å². The molecule has 6 nitrogen and oxygen atoms in total. The third-order valence-corrected chi connectivity index (χ3v) is 4.02. The SMILES string of the molecule is C[N+](C)(C)CSSC[N+](C)(C)C.[O-][Cl+3]([O-])([O-])[O-]. The Kier molecular flexibility index (Phi) is 9.48. The van der Waals surface area contributed by atoms with Gasteiger partial charge in [-0.3, -0.25) is 0 Å². The molecule has 0 aliphatic heterocycles. The van der Waals surface area contributed by atoms with Gasteiger partial charge in [0.1, 0.15) is 11.8 Å². The van der Waals surface area contributed by atoms with E-state index in [0.29, 0.717) is 0 Å². The quantitative estimate of drug-likeness (QED) is 0.232. The Morgan fingerprint density at radius 3 is 1.00 bits per heavy atom. The Balaban J connectivity index is 0. The van der Waals surface area contributed by atoms with Crippen molar-refractivity contribution in [3.8, 4) is 0 Å².